The summed E-state index contributed by atoms with van der Waals surface area (Å²) < 4.78 is 13.1. The van der Waals surface area contributed by atoms with Gasteiger partial charge in [0, 0.05) is 34.2 Å². The van der Waals surface area contributed by atoms with Crippen LogP contribution in [0, 0.1) is 12.7 Å². The van der Waals surface area contributed by atoms with E-state index in [0.29, 0.717) is 27.6 Å². The summed E-state index contributed by atoms with van der Waals surface area (Å²) in [4.78, 5) is 20.4. The summed E-state index contributed by atoms with van der Waals surface area (Å²) in [5, 5.41) is 7.37. The van der Waals surface area contributed by atoms with E-state index in [9.17, 15) is 9.18 Å². The first-order valence-corrected chi connectivity index (χ1v) is 8.95. The Morgan fingerprint density at radius 2 is 1.93 bits per heavy atom. The van der Waals surface area contributed by atoms with Crippen LogP contribution in [0.15, 0.2) is 60.9 Å². The van der Waals surface area contributed by atoms with E-state index >= 15 is 0 Å². The molecule has 0 saturated carbocycles. The lowest BCUT2D eigenvalue weighted by molar-refractivity contribution is 0.102. The van der Waals surface area contributed by atoms with Gasteiger partial charge < -0.3 is 15.6 Å². The zero-order chi connectivity index (χ0) is 19.7. The lowest BCUT2D eigenvalue weighted by atomic mass is 10.1. The Balaban J connectivity index is 1.69. The first-order valence-electron chi connectivity index (χ1n) is 8.57. The van der Waals surface area contributed by atoms with Gasteiger partial charge in [-0.05, 0) is 55.0 Å². The van der Waals surface area contributed by atoms with Crippen molar-refractivity contribution < 1.29 is 9.18 Å². The first-order chi connectivity index (χ1) is 13.5. The summed E-state index contributed by atoms with van der Waals surface area (Å²) in [7, 11) is 0. The van der Waals surface area contributed by atoms with E-state index in [1.165, 1.54) is 30.5 Å². The van der Waals surface area contributed by atoms with E-state index in [2.05, 4.69) is 20.6 Å². The maximum Gasteiger partial charge on any atom is 0.257 e. The topological polar surface area (TPSA) is 69.8 Å². The number of rotatable bonds is 4. The van der Waals surface area contributed by atoms with Crippen LogP contribution < -0.4 is 10.6 Å². The molecule has 2 aromatic carbocycles. The molecule has 4 aromatic rings. The van der Waals surface area contributed by atoms with Gasteiger partial charge in [-0.15, -0.1) is 0 Å². The number of nitrogens with one attached hydrogen (secondary N) is 3. The highest BCUT2D eigenvalue weighted by atomic mass is 35.5. The first kappa shape index (κ1) is 18.0. The number of anilines is 3. The number of aromatic nitrogens is 2. The Labute approximate surface area is 165 Å². The fraction of sp³-hybridized carbons (Fsp3) is 0.0476. The Morgan fingerprint density at radius 1 is 1.14 bits per heavy atom. The third kappa shape index (κ3) is 3.54. The molecule has 0 saturated heterocycles. The second kappa shape index (κ2) is 7.32. The molecule has 3 N–H and O–H groups in total. The molecule has 0 aliphatic carbocycles. The lowest BCUT2D eigenvalue weighted by Crippen LogP contribution is -2.13. The molecule has 4 rings (SSSR count). The molecule has 28 heavy (non-hydrogen) atoms. The summed E-state index contributed by atoms with van der Waals surface area (Å²) in [6.07, 6.45) is 3.35. The normalized spacial score (nSPS) is 10.8. The van der Waals surface area contributed by atoms with Crippen LogP contribution in [0.5, 0.6) is 0 Å². The highest BCUT2D eigenvalue weighted by Crippen LogP contribution is 2.30. The van der Waals surface area contributed by atoms with Crippen LogP contribution in [0.2, 0.25) is 5.02 Å². The largest absolute Gasteiger partial charge is 0.358 e. The summed E-state index contributed by atoms with van der Waals surface area (Å²) in [6.45, 7) is 1.91. The van der Waals surface area contributed by atoms with Gasteiger partial charge >= 0.3 is 0 Å². The van der Waals surface area contributed by atoms with Crippen molar-refractivity contribution >= 4 is 45.6 Å². The molecule has 0 fully saturated rings. The number of benzene rings is 2. The molecule has 0 spiro atoms. The number of H-pyrrole nitrogens is 1. The van der Waals surface area contributed by atoms with Crippen molar-refractivity contribution in [3.05, 3.63) is 82.9 Å². The van der Waals surface area contributed by atoms with Crippen LogP contribution in [-0.4, -0.2) is 15.9 Å². The molecule has 0 unspecified atom stereocenters. The van der Waals surface area contributed by atoms with E-state index in [1.54, 1.807) is 12.1 Å². The maximum absolute atomic E-state index is 13.1. The number of hydrogen-bond acceptors (Lipinski definition) is 3. The van der Waals surface area contributed by atoms with Crippen LogP contribution in [0.1, 0.15) is 15.9 Å². The SMILES string of the molecule is Cc1c[nH]c2c(Nc3cccc(Cl)c3)ncc(C(=O)Nc3ccc(F)cc3)c12. The zero-order valence-electron chi connectivity index (χ0n) is 14.9. The average molecular weight is 395 g/mol. The predicted molar refractivity (Wildman–Crippen MR) is 110 cm³/mol. The number of nitrogens with zero attached hydrogens (tertiary/aromatic N) is 1. The standard InChI is InChI=1S/C21H16ClFN4O/c1-12-10-24-19-18(12)17(21(28)27-15-7-5-14(23)6-8-15)11-25-20(19)26-16-4-2-3-13(22)9-16/h2-11,24H,1H3,(H,25,26)(H,27,28). The number of carbonyl (C=O) groups is 1. The van der Waals surface area contributed by atoms with Crippen molar-refractivity contribution in [1.82, 2.24) is 9.97 Å². The number of pyridine rings is 1. The minimum Gasteiger partial charge on any atom is -0.358 e. The molecule has 2 aromatic heterocycles. The third-order valence-corrected chi connectivity index (χ3v) is 4.58. The van der Waals surface area contributed by atoms with Crippen LogP contribution in [0.3, 0.4) is 0 Å². The quantitative estimate of drug-likeness (QED) is 0.418. The summed E-state index contributed by atoms with van der Waals surface area (Å²) in [5.74, 6) is -0.0928. The summed E-state index contributed by atoms with van der Waals surface area (Å²) in [5.41, 5.74) is 3.35. The Bertz CT molecular complexity index is 1170. The van der Waals surface area contributed by atoms with Gasteiger partial charge in [-0.1, -0.05) is 17.7 Å². The highest BCUT2D eigenvalue weighted by molar-refractivity contribution is 6.30. The van der Waals surface area contributed by atoms with Crippen LogP contribution in [-0.2, 0) is 0 Å². The van der Waals surface area contributed by atoms with Crippen molar-refractivity contribution in [1.29, 1.82) is 0 Å². The molecule has 0 bridgehead atoms. The van der Waals surface area contributed by atoms with Crippen molar-refractivity contribution in [3.8, 4) is 0 Å². The number of halogens is 2. The number of aryl methyl sites for hydroxylation is 1. The molecular weight excluding hydrogens is 379 g/mol. The van der Waals surface area contributed by atoms with E-state index in [4.69, 9.17) is 11.6 Å². The average Bonchev–Trinajstić information content (AvgIpc) is 3.06. The predicted octanol–water partition coefficient (Wildman–Crippen LogP) is 5.66. The van der Waals surface area contributed by atoms with Gasteiger partial charge in [0.05, 0.1) is 11.1 Å². The molecule has 0 aliphatic heterocycles. The second-order valence-corrected chi connectivity index (χ2v) is 6.77. The van der Waals surface area contributed by atoms with E-state index in [-0.39, 0.29) is 11.7 Å². The fourth-order valence-electron chi connectivity index (χ4n) is 3.02. The monoisotopic (exact) mass is 394 g/mol. The number of hydrogen-bond donors (Lipinski definition) is 3. The van der Waals surface area contributed by atoms with Crippen LogP contribution >= 0.6 is 11.6 Å². The molecule has 140 valence electrons. The molecule has 2 heterocycles. The Morgan fingerprint density at radius 3 is 2.68 bits per heavy atom. The van der Waals surface area contributed by atoms with Crippen molar-refractivity contribution in [2.24, 2.45) is 0 Å². The van der Waals surface area contributed by atoms with Gasteiger partial charge in [-0.2, -0.15) is 0 Å². The summed E-state index contributed by atoms with van der Waals surface area (Å²) in [6, 6.07) is 12.9. The fourth-order valence-corrected chi connectivity index (χ4v) is 3.21. The van der Waals surface area contributed by atoms with Gasteiger partial charge in [0.2, 0.25) is 0 Å². The van der Waals surface area contributed by atoms with Crippen molar-refractivity contribution in [3.63, 3.8) is 0 Å². The maximum atomic E-state index is 13.1. The van der Waals surface area contributed by atoms with E-state index in [0.717, 1.165) is 16.6 Å². The molecule has 1 amide bonds. The minimum atomic E-state index is -0.361. The van der Waals surface area contributed by atoms with Crippen LogP contribution in [0.4, 0.5) is 21.6 Å². The van der Waals surface area contributed by atoms with Crippen molar-refractivity contribution in [2.45, 2.75) is 6.92 Å². The van der Waals surface area contributed by atoms with Gasteiger partial charge in [0.1, 0.15) is 5.82 Å². The number of fused-ring (bicyclic) bond motifs is 1. The molecule has 5 nitrogen and oxygen atoms in total. The third-order valence-electron chi connectivity index (χ3n) is 4.34. The van der Waals surface area contributed by atoms with E-state index < -0.39 is 0 Å². The zero-order valence-corrected chi connectivity index (χ0v) is 15.6. The van der Waals surface area contributed by atoms with Gasteiger partial charge in [-0.25, -0.2) is 9.37 Å². The smallest absolute Gasteiger partial charge is 0.257 e. The number of aromatic amines is 1. The number of amides is 1. The molecule has 7 heteroatoms. The molecular formula is C21H16ClFN4O. The van der Waals surface area contributed by atoms with Gasteiger partial charge in [-0.3, -0.25) is 4.79 Å². The summed E-state index contributed by atoms with van der Waals surface area (Å²) >= 11 is 6.04. The van der Waals surface area contributed by atoms with Gasteiger partial charge in [0.25, 0.3) is 5.91 Å². The van der Waals surface area contributed by atoms with Crippen LogP contribution in [0.25, 0.3) is 10.9 Å². The number of carbonyl (C=O) groups excluding carboxylic acids is 1. The Kier molecular flexibility index (Phi) is 4.71. The Hall–Kier alpha value is -3.38. The molecule has 0 aliphatic rings. The van der Waals surface area contributed by atoms with Crippen molar-refractivity contribution in [2.75, 3.05) is 10.6 Å². The lowest BCUT2D eigenvalue weighted by Gasteiger charge is -2.11. The molecule has 0 radical (unpaired) electrons. The van der Waals surface area contributed by atoms with E-state index in [1.807, 2.05) is 25.3 Å². The molecule has 0 atom stereocenters. The van der Waals surface area contributed by atoms with Gasteiger partial charge in [0.15, 0.2) is 5.82 Å². The minimum absolute atomic E-state index is 0.318. The second-order valence-electron chi connectivity index (χ2n) is 6.34. The highest BCUT2D eigenvalue weighted by Gasteiger charge is 2.17.